The van der Waals surface area contributed by atoms with Crippen molar-refractivity contribution in [1.29, 1.82) is 0 Å². The highest BCUT2D eigenvalue weighted by Gasteiger charge is 2.28. The Hall–Kier alpha value is -0.570. The van der Waals surface area contributed by atoms with Crippen molar-refractivity contribution in [3.05, 3.63) is 0 Å². The molecule has 1 rings (SSSR count). The fourth-order valence-electron chi connectivity index (χ4n) is 2.51. The van der Waals surface area contributed by atoms with Crippen molar-refractivity contribution in [2.75, 3.05) is 13.6 Å². The van der Waals surface area contributed by atoms with Gasteiger partial charge in [-0.3, -0.25) is 4.79 Å². The van der Waals surface area contributed by atoms with Gasteiger partial charge >= 0.3 is 0 Å². The van der Waals surface area contributed by atoms with Crippen molar-refractivity contribution < 1.29 is 4.79 Å². The molecule has 0 radical (unpaired) electrons. The Morgan fingerprint density at radius 3 is 2.44 bits per heavy atom. The smallest absolute Gasteiger partial charge is 0.226 e. The van der Waals surface area contributed by atoms with Crippen molar-refractivity contribution in [2.45, 2.75) is 58.5 Å². The molecule has 1 saturated heterocycles. The van der Waals surface area contributed by atoms with Gasteiger partial charge in [0, 0.05) is 25.7 Å². The number of amides is 1. The molecule has 16 heavy (non-hydrogen) atoms. The van der Waals surface area contributed by atoms with E-state index in [4.69, 9.17) is 0 Å². The standard InChI is InChI=1S/C13H26N2O/c1-5-12(6-2)15(4)13(16)11-8-7-10(3)14-9-11/h10-12,14H,5-9H2,1-4H3. The lowest BCUT2D eigenvalue weighted by Crippen LogP contribution is -2.47. The van der Waals surface area contributed by atoms with Gasteiger partial charge in [-0.15, -0.1) is 0 Å². The van der Waals surface area contributed by atoms with Gasteiger partial charge in [0.15, 0.2) is 0 Å². The lowest BCUT2D eigenvalue weighted by atomic mass is 9.93. The first-order valence-corrected chi connectivity index (χ1v) is 6.60. The summed E-state index contributed by atoms with van der Waals surface area (Å²) < 4.78 is 0. The summed E-state index contributed by atoms with van der Waals surface area (Å²) in [5, 5.41) is 3.40. The van der Waals surface area contributed by atoms with E-state index in [1.54, 1.807) is 0 Å². The fourth-order valence-corrected chi connectivity index (χ4v) is 2.51. The third-order valence-corrected chi connectivity index (χ3v) is 3.85. The number of nitrogens with one attached hydrogen (secondary N) is 1. The van der Waals surface area contributed by atoms with Gasteiger partial charge in [-0.05, 0) is 32.6 Å². The van der Waals surface area contributed by atoms with E-state index in [0.717, 1.165) is 32.2 Å². The molecule has 3 nitrogen and oxygen atoms in total. The Kier molecular flexibility index (Phi) is 5.26. The molecule has 3 heteroatoms. The number of hydrogen-bond acceptors (Lipinski definition) is 2. The Morgan fingerprint density at radius 2 is 2.00 bits per heavy atom. The van der Waals surface area contributed by atoms with Gasteiger partial charge in [-0.1, -0.05) is 13.8 Å². The summed E-state index contributed by atoms with van der Waals surface area (Å²) in [7, 11) is 1.96. The van der Waals surface area contributed by atoms with Gasteiger partial charge in [-0.2, -0.15) is 0 Å². The number of piperidine rings is 1. The molecule has 1 aliphatic heterocycles. The van der Waals surface area contributed by atoms with E-state index in [1.165, 1.54) is 0 Å². The monoisotopic (exact) mass is 226 g/mol. The molecule has 0 spiro atoms. The van der Waals surface area contributed by atoms with Crippen LogP contribution in [0.4, 0.5) is 0 Å². The molecule has 2 atom stereocenters. The highest BCUT2D eigenvalue weighted by atomic mass is 16.2. The minimum atomic E-state index is 0.196. The summed E-state index contributed by atoms with van der Waals surface area (Å²) in [6.45, 7) is 7.34. The van der Waals surface area contributed by atoms with Gasteiger partial charge < -0.3 is 10.2 Å². The predicted molar refractivity (Wildman–Crippen MR) is 67.3 cm³/mol. The van der Waals surface area contributed by atoms with Crippen molar-refractivity contribution in [1.82, 2.24) is 10.2 Å². The molecular weight excluding hydrogens is 200 g/mol. The van der Waals surface area contributed by atoms with Crippen molar-refractivity contribution in [2.24, 2.45) is 5.92 Å². The Balaban J connectivity index is 2.50. The van der Waals surface area contributed by atoms with Crippen LogP contribution in [0.1, 0.15) is 46.5 Å². The predicted octanol–water partition coefficient (Wildman–Crippen LogP) is 2.02. The first-order valence-electron chi connectivity index (χ1n) is 6.60. The van der Waals surface area contributed by atoms with Crippen LogP contribution in [0.5, 0.6) is 0 Å². The number of rotatable bonds is 4. The molecule has 1 aliphatic rings. The SMILES string of the molecule is CCC(CC)N(C)C(=O)C1CCC(C)NC1. The lowest BCUT2D eigenvalue weighted by molar-refractivity contribution is -0.137. The number of hydrogen-bond donors (Lipinski definition) is 1. The molecule has 1 fully saturated rings. The Bertz CT molecular complexity index is 218. The van der Waals surface area contributed by atoms with E-state index < -0.39 is 0 Å². The van der Waals surface area contributed by atoms with Gasteiger partial charge in [-0.25, -0.2) is 0 Å². The van der Waals surface area contributed by atoms with Crippen LogP contribution in [0.15, 0.2) is 0 Å². The van der Waals surface area contributed by atoms with E-state index in [9.17, 15) is 4.79 Å². The average Bonchev–Trinajstić information content (AvgIpc) is 2.30. The second-order valence-electron chi connectivity index (χ2n) is 5.00. The van der Waals surface area contributed by atoms with E-state index in [2.05, 4.69) is 26.1 Å². The summed E-state index contributed by atoms with van der Waals surface area (Å²) in [6.07, 6.45) is 4.26. The summed E-state index contributed by atoms with van der Waals surface area (Å²) in [5.74, 6) is 0.523. The van der Waals surface area contributed by atoms with Crippen LogP contribution in [0.3, 0.4) is 0 Å². The zero-order valence-corrected chi connectivity index (χ0v) is 11.1. The normalized spacial score (nSPS) is 25.8. The van der Waals surface area contributed by atoms with Crippen LogP contribution < -0.4 is 5.32 Å². The van der Waals surface area contributed by atoms with E-state index in [0.29, 0.717) is 18.0 Å². The maximum atomic E-state index is 12.2. The van der Waals surface area contributed by atoms with Crippen LogP contribution in [-0.4, -0.2) is 36.5 Å². The third-order valence-electron chi connectivity index (χ3n) is 3.85. The number of carbonyl (C=O) groups excluding carboxylic acids is 1. The molecule has 1 amide bonds. The highest BCUT2D eigenvalue weighted by molar-refractivity contribution is 5.79. The summed E-state index contributed by atoms with van der Waals surface area (Å²) in [5.41, 5.74) is 0. The molecule has 1 heterocycles. The van der Waals surface area contributed by atoms with Gasteiger partial charge in [0.1, 0.15) is 0 Å². The van der Waals surface area contributed by atoms with Gasteiger partial charge in [0.05, 0.1) is 5.92 Å². The maximum absolute atomic E-state index is 12.2. The molecule has 0 aliphatic carbocycles. The minimum Gasteiger partial charge on any atom is -0.343 e. The Labute approximate surface area is 99.6 Å². The Morgan fingerprint density at radius 1 is 1.38 bits per heavy atom. The van der Waals surface area contributed by atoms with Crippen molar-refractivity contribution >= 4 is 5.91 Å². The second-order valence-corrected chi connectivity index (χ2v) is 5.00. The van der Waals surface area contributed by atoms with Gasteiger partial charge in [0.2, 0.25) is 5.91 Å². The van der Waals surface area contributed by atoms with Crippen LogP contribution in [0, 0.1) is 5.92 Å². The molecule has 1 N–H and O–H groups in total. The molecule has 2 unspecified atom stereocenters. The first-order chi connectivity index (χ1) is 7.60. The maximum Gasteiger partial charge on any atom is 0.226 e. The highest BCUT2D eigenvalue weighted by Crippen LogP contribution is 2.18. The van der Waals surface area contributed by atoms with Gasteiger partial charge in [0.25, 0.3) is 0 Å². The van der Waals surface area contributed by atoms with Crippen molar-refractivity contribution in [3.8, 4) is 0 Å². The summed E-state index contributed by atoms with van der Waals surface area (Å²) >= 11 is 0. The molecule has 94 valence electrons. The minimum absolute atomic E-state index is 0.196. The number of carbonyl (C=O) groups is 1. The zero-order valence-electron chi connectivity index (χ0n) is 11.1. The first kappa shape index (κ1) is 13.5. The zero-order chi connectivity index (χ0) is 12.1. The molecule has 0 aromatic rings. The number of nitrogens with zero attached hydrogens (tertiary/aromatic N) is 1. The molecule has 0 aromatic heterocycles. The molecular formula is C13H26N2O. The lowest BCUT2D eigenvalue weighted by Gasteiger charge is -2.33. The van der Waals surface area contributed by atoms with Crippen LogP contribution >= 0.6 is 0 Å². The summed E-state index contributed by atoms with van der Waals surface area (Å²) in [4.78, 5) is 14.2. The molecule has 0 aromatic carbocycles. The van der Waals surface area contributed by atoms with Crippen LogP contribution in [0.2, 0.25) is 0 Å². The topological polar surface area (TPSA) is 32.3 Å². The van der Waals surface area contributed by atoms with E-state index in [-0.39, 0.29) is 5.92 Å². The van der Waals surface area contributed by atoms with Crippen LogP contribution in [0.25, 0.3) is 0 Å². The van der Waals surface area contributed by atoms with Crippen molar-refractivity contribution in [3.63, 3.8) is 0 Å². The molecule has 0 bridgehead atoms. The quantitative estimate of drug-likeness (QED) is 0.795. The average molecular weight is 226 g/mol. The van der Waals surface area contributed by atoms with E-state index >= 15 is 0 Å². The largest absolute Gasteiger partial charge is 0.343 e. The second kappa shape index (κ2) is 6.24. The van der Waals surface area contributed by atoms with Crippen LogP contribution in [-0.2, 0) is 4.79 Å². The fraction of sp³-hybridized carbons (Fsp3) is 0.923. The molecule has 0 saturated carbocycles. The third kappa shape index (κ3) is 3.21. The van der Waals surface area contributed by atoms with E-state index in [1.807, 2.05) is 11.9 Å². The summed E-state index contributed by atoms with van der Waals surface area (Å²) in [6, 6.07) is 0.981.